The van der Waals surface area contributed by atoms with Gasteiger partial charge in [0.1, 0.15) is 12.7 Å². The molecule has 14 nitrogen and oxygen atoms in total. The third kappa shape index (κ3) is 45.6. The second-order valence-electron chi connectivity index (χ2n) is 15.1. The van der Waals surface area contributed by atoms with Gasteiger partial charge < -0.3 is 34.4 Å². The molecule has 0 fully saturated rings. The van der Waals surface area contributed by atoms with E-state index in [1.165, 1.54) is 19.3 Å². The number of allylic oxidation sites excluding steroid dienone is 15. The summed E-state index contributed by atoms with van der Waals surface area (Å²) in [6.45, 7) is 1.45. The third-order valence-electron chi connectivity index (χ3n) is 9.01. The van der Waals surface area contributed by atoms with Crippen molar-refractivity contribution in [3.63, 3.8) is 0 Å². The van der Waals surface area contributed by atoms with E-state index in [9.17, 15) is 33.8 Å². The van der Waals surface area contributed by atoms with E-state index >= 15 is 0 Å². The molecule has 0 amide bonds. The van der Waals surface area contributed by atoms with Gasteiger partial charge >= 0.3 is 27.6 Å². The van der Waals surface area contributed by atoms with Crippen LogP contribution in [0.2, 0.25) is 0 Å². The lowest BCUT2D eigenvalue weighted by molar-refractivity contribution is -0.161. The van der Waals surface area contributed by atoms with E-state index in [-0.39, 0.29) is 18.9 Å². The first-order valence-corrected chi connectivity index (χ1v) is 26.0. The summed E-state index contributed by atoms with van der Waals surface area (Å²) in [6.07, 6.45) is 47.3. The van der Waals surface area contributed by atoms with Crippen LogP contribution in [0.3, 0.4) is 0 Å². The summed E-state index contributed by atoms with van der Waals surface area (Å²) in [7, 11) is -9.73. The number of phosphoric acid groups is 2. The molecule has 16 heteroatoms. The summed E-state index contributed by atoms with van der Waals surface area (Å²) in [6, 6.07) is 0. The van der Waals surface area contributed by atoms with E-state index in [1.54, 1.807) is 0 Å². The van der Waals surface area contributed by atoms with Gasteiger partial charge in [-0.1, -0.05) is 143 Å². The number of ether oxygens (including phenoxy) is 2. The number of carbonyl (C=O) groups excluding carboxylic acids is 2. The molecule has 0 rings (SSSR count). The van der Waals surface area contributed by atoms with Gasteiger partial charge in [-0.3, -0.25) is 23.2 Å². The molecular weight excluding hydrogens is 862 g/mol. The third-order valence-corrected chi connectivity index (χ3v) is 10.4. The van der Waals surface area contributed by atoms with Crippen molar-refractivity contribution in [3.05, 3.63) is 97.2 Å². The summed E-state index contributed by atoms with van der Waals surface area (Å²) in [5, 5.41) is 19.6. The minimum Gasteiger partial charge on any atom is -0.462 e. The van der Waals surface area contributed by atoms with Crippen LogP contribution >= 0.6 is 15.6 Å². The molecule has 0 radical (unpaired) electrons. The standard InChI is InChI=1S/C48H80O14P2/c1-3-5-7-8-9-10-11-12-13-14-15-16-17-18-23-26-29-32-35-39-48(52)62-46(43-61-64(56,57)60-41-45(50)40-59-63(53,54)55)42-58-47(51)38-34-31-28-25-22-20-19-21-24-27-30-33-37-44(49)36-6-4-2/h9-10,12-13,15-16,18-20,23-25,27-28,33,37,44-46,49-50H,3-8,11,14,17,21-22,26,29-32,34-36,38-43H2,1-2H3,(H,56,57)(H2,53,54,55)/b10-9-,13-12-,16-15-,20-19-,23-18-,27-24-,28-25-,37-33-/t44-,45-,46+/m0/s1. The van der Waals surface area contributed by atoms with Gasteiger partial charge in [0.2, 0.25) is 0 Å². The molecule has 64 heavy (non-hydrogen) atoms. The maximum absolute atomic E-state index is 12.7. The average molecular weight is 943 g/mol. The number of aliphatic hydroxyl groups excluding tert-OH is 2. The first-order chi connectivity index (χ1) is 30.8. The second-order valence-corrected chi connectivity index (χ2v) is 17.8. The van der Waals surface area contributed by atoms with Crippen LogP contribution in [0.25, 0.3) is 0 Å². The number of aliphatic hydroxyl groups is 2. The van der Waals surface area contributed by atoms with Crippen molar-refractivity contribution in [3.8, 4) is 0 Å². The van der Waals surface area contributed by atoms with E-state index in [4.69, 9.17) is 23.8 Å². The number of carbonyl (C=O) groups is 2. The summed E-state index contributed by atoms with van der Waals surface area (Å²) < 4.78 is 47.7. The molecule has 4 atom stereocenters. The smallest absolute Gasteiger partial charge is 0.462 e. The van der Waals surface area contributed by atoms with Crippen LogP contribution in [-0.4, -0.2) is 81.6 Å². The van der Waals surface area contributed by atoms with E-state index < -0.39 is 66.2 Å². The van der Waals surface area contributed by atoms with Crippen LogP contribution in [0.15, 0.2) is 97.2 Å². The fraction of sp³-hybridized carbons (Fsp3) is 0.625. The zero-order valence-corrected chi connectivity index (χ0v) is 40.2. The quantitative estimate of drug-likeness (QED) is 0.0167. The zero-order valence-electron chi connectivity index (χ0n) is 38.5. The first-order valence-electron chi connectivity index (χ1n) is 23.0. The lowest BCUT2D eigenvalue weighted by atomic mass is 10.1. The van der Waals surface area contributed by atoms with Crippen LogP contribution < -0.4 is 0 Å². The maximum Gasteiger partial charge on any atom is 0.472 e. The number of hydrogen-bond donors (Lipinski definition) is 5. The molecule has 0 spiro atoms. The highest BCUT2D eigenvalue weighted by molar-refractivity contribution is 7.47. The highest BCUT2D eigenvalue weighted by atomic mass is 31.2. The predicted molar refractivity (Wildman–Crippen MR) is 254 cm³/mol. The fourth-order valence-electron chi connectivity index (χ4n) is 5.46. The summed E-state index contributed by atoms with van der Waals surface area (Å²) in [4.78, 5) is 52.7. The van der Waals surface area contributed by atoms with Crippen LogP contribution in [0.4, 0.5) is 0 Å². The Hall–Kier alpha value is -3.00. The Morgan fingerprint density at radius 1 is 0.500 bits per heavy atom. The molecule has 0 heterocycles. The van der Waals surface area contributed by atoms with E-state index in [2.05, 4.69) is 95.8 Å². The van der Waals surface area contributed by atoms with Gasteiger partial charge in [0.05, 0.1) is 25.9 Å². The van der Waals surface area contributed by atoms with E-state index in [0.29, 0.717) is 19.3 Å². The number of rotatable bonds is 42. The van der Waals surface area contributed by atoms with Crippen molar-refractivity contribution in [2.24, 2.45) is 0 Å². The van der Waals surface area contributed by atoms with Crippen molar-refractivity contribution in [1.29, 1.82) is 0 Å². The van der Waals surface area contributed by atoms with E-state index in [1.807, 2.05) is 24.3 Å². The Labute approximate surface area is 383 Å². The Morgan fingerprint density at radius 2 is 0.953 bits per heavy atom. The Bertz CT molecular complexity index is 1510. The maximum atomic E-state index is 12.7. The summed E-state index contributed by atoms with van der Waals surface area (Å²) in [5.41, 5.74) is 0. The molecule has 0 saturated heterocycles. The van der Waals surface area contributed by atoms with Crippen molar-refractivity contribution in [1.82, 2.24) is 0 Å². The molecule has 0 bridgehead atoms. The molecule has 1 unspecified atom stereocenters. The molecule has 0 saturated carbocycles. The minimum atomic E-state index is -4.88. The number of unbranched alkanes of at least 4 members (excludes halogenated alkanes) is 8. The predicted octanol–water partition coefficient (Wildman–Crippen LogP) is 11.1. The molecule has 5 N–H and O–H groups in total. The molecule has 0 aliphatic heterocycles. The zero-order chi connectivity index (χ0) is 47.4. The Balaban J connectivity index is 4.69. The van der Waals surface area contributed by atoms with Crippen molar-refractivity contribution in [2.45, 2.75) is 167 Å². The monoisotopic (exact) mass is 943 g/mol. The Kier molecular flexibility index (Phi) is 40.6. The topological polar surface area (TPSA) is 216 Å². The van der Waals surface area contributed by atoms with Crippen LogP contribution in [0, 0.1) is 0 Å². The molecule has 0 aromatic carbocycles. The highest BCUT2D eigenvalue weighted by Crippen LogP contribution is 2.43. The van der Waals surface area contributed by atoms with Gasteiger partial charge in [-0.2, -0.15) is 0 Å². The van der Waals surface area contributed by atoms with Gasteiger partial charge in [0, 0.05) is 12.8 Å². The number of phosphoric ester groups is 2. The molecule has 0 aliphatic rings. The average Bonchev–Trinajstić information content (AvgIpc) is 3.25. The normalized spacial score (nSPS) is 15.3. The summed E-state index contributed by atoms with van der Waals surface area (Å²) >= 11 is 0. The molecule has 0 aromatic heterocycles. The molecular formula is C48H80O14P2. The lowest BCUT2D eigenvalue weighted by Gasteiger charge is -2.20. The minimum absolute atomic E-state index is 0.0684. The summed E-state index contributed by atoms with van der Waals surface area (Å²) in [5.74, 6) is -1.16. The van der Waals surface area contributed by atoms with Gasteiger partial charge in [-0.25, -0.2) is 9.13 Å². The lowest BCUT2D eigenvalue weighted by Crippen LogP contribution is -2.30. The largest absolute Gasteiger partial charge is 0.472 e. The Morgan fingerprint density at radius 3 is 1.48 bits per heavy atom. The van der Waals surface area contributed by atoms with Gasteiger partial charge in [0.15, 0.2) is 6.10 Å². The van der Waals surface area contributed by atoms with Crippen LogP contribution in [-0.2, 0) is 41.8 Å². The van der Waals surface area contributed by atoms with Gasteiger partial charge in [0.25, 0.3) is 0 Å². The molecule has 0 aliphatic carbocycles. The van der Waals surface area contributed by atoms with Gasteiger partial charge in [-0.15, -0.1) is 0 Å². The van der Waals surface area contributed by atoms with Crippen LogP contribution in [0.1, 0.15) is 149 Å². The van der Waals surface area contributed by atoms with E-state index in [0.717, 1.165) is 83.5 Å². The number of esters is 2. The number of hydrogen-bond acceptors (Lipinski definition) is 11. The molecule has 0 aromatic rings. The highest BCUT2D eigenvalue weighted by Gasteiger charge is 2.28. The SMILES string of the molecule is CCCCC/C=C\C/C=C\C/C=C\C/C=C\CCCCCC(=O)O[C@H](COC(=O)CCC/C=C\C/C=C\C/C=C\C/C=C\[C@@H](O)CCCC)COP(=O)(O)OC[C@@H](O)COP(=O)(O)O. The van der Waals surface area contributed by atoms with Gasteiger partial charge in [-0.05, 0) is 89.9 Å². The van der Waals surface area contributed by atoms with Crippen molar-refractivity contribution >= 4 is 27.6 Å². The second kappa shape index (κ2) is 42.6. The molecule has 366 valence electrons. The van der Waals surface area contributed by atoms with Crippen molar-refractivity contribution in [2.75, 3.05) is 26.4 Å². The van der Waals surface area contributed by atoms with Crippen molar-refractivity contribution < 1.29 is 66.7 Å². The van der Waals surface area contributed by atoms with Crippen LogP contribution in [0.5, 0.6) is 0 Å². The fourth-order valence-corrected chi connectivity index (χ4v) is 6.61. The first kappa shape index (κ1) is 61.0.